The number of carbonyl (C=O) groups excluding carboxylic acids is 1. The number of benzene rings is 1. The van der Waals surface area contributed by atoms with Gasteiger partial charge in [-0.2, -0.15) is 0 Å². The number of nitrogens with zero attached hydrogens (tertiary/aromatic N) is 5. The third-order valence-electron chi connectivity index (χ3n) is 5.04. The van der Waals surface area contributed by atoms with Crippen LogP contribution in [0.25, 0.3) is 11.5 Å². The minimum Gasteiger partial charge on any atom is -0.496 e. The topological polar surface area (TPSA) is 84.6 Å². The number of methoxy groups -OCH3 is 1. The zero-order valence-electron chi connectivity index (χ0n) is 16.8. The van der Waals surface area contributed by atoms with Gasteiger partial charge < -0.3 is 19.0 Å². The Morgan fingerprint density at radius 2 is 2.00 bits per heavy atom. The van der Waals surface area contributed by atoms with Crippen LogP contribution in [0.3, 0.4) is 0 Å². The highest BCUT2D eigenvalue weighted by molar-refractivity contribution is 6.31. The Kier molecular flexibility index (Phi) is 5.85. The van der Waals surface area contributed by atoms with E-state index in [1.54, 1.807) is 36.4 Å². The van der Waals surface area contributed by atoms with E-state index in [-0.39, 0.29) is 5.91 Å². The maximum absolute atomic E-state index is 13.0. The quantitative estimate of drug-likeness (QED) is 0.617. The smallest absolute Gasteiger partial charge is 0.257 e. The lowest BCUT2D eigenvalue weighted by Crippen LogP contribution is -2.49. The molecule has 1 aliphatic heterocycles. The van der Waals surface area contributed by atoms with Crippen molar-refractivity contribution in [1.29, 1.82) is 0 Å². The number of amides is 1. The zero-order valence-corrected chi connectivity index (χ0v) is 17.6. The molecule has 0 aliphatic carbocycles. The predicted octanol–water partition coefficient (Wildman–Crippen LogP) is 3.32. The molecule has 1 fully saturated rings. The van der Waals surface area contributed by atoms with E-state index in [4.69, 9.17) is 20.8 Å². The summed E-state index contributed by atoms with van der Waals surface area (Å²) in [7, 11) is 1.54. The molecule has 1 aliphatic rings. The molecular weight excluding hydrogens is 406 g/mol. The van der Waals surface area contributed by atoms with E-state index in [0.29, 0.717) is 60.7 Å². The van der Waals surface area contributed by atoms with E-state index in [1.807, 2.05) is 19.1 Å². The molecule has 3 heterocycles. The van der Waals surface area contributed by atoms with Crippen molar-refractivity contribution in [2.45, 2.75) is 13.3 Å². The van der Waals surface area contributed by atoms with Crippen molar-refractivity contribution in [1.82, 2.24) is 20.1 Å². The normalized spacial score (nSPS) is 14.1. The predicted molar refractivity (Wildman–Crippen MR) is 113 cm³/mol. The first-order chi connectivity index (χ1) is 14.6. The molecule has 0 radical (unpaired) electrons. The standard InChI is InChI=1S/C21H22ClN5O3/c1-3-18-24-25-20(30-18)15-5-4-8-23-19(15)26-9-11-27(12-10-26)21(28)16-13-14(22)6-7-17(16)29-2/h4-8,13H,3,9-12H2,1-2H3. The molecule has 4 rings (SSSR count). The molecule has 0 saturated carbocycles. The van der Waals surface area contributed by atoms with Gasteiger partial charge in [0.05, 0.1) is 18.2 Å². The number of aromatic nitrogens is 3. The van der Waals surface area contributed by atoms with Crippen LogP contribution in [-0.4, -0.2) is 59.3 Å². The lowest BCUT2D eigenvalue weighted by molar-refractivity contribution is 0.0743. The fourth-order valence-electron chi connectivity index (χ4n) is 3.46. The van der Waals surface area contributed by atoms with E-state index in [0.717, 1.165) is 11.4 Å². The molecule has 156 valence electrons. The van der Waals surface area contributed by atoms with Crippen molar-refractivity contribution in [2.75, 3.05) is 38.2 Å². The SMILES string of the molecule is CCc1nnc(-c2cccnc2N2CCN(C(=O)c3cc(Cl)ccc3OC)CC2)o1. The van der Waals surface area contributed by atoms with E-state index >= 15 is 0 Å². The first-order valence-corrected chi connectivity index (χ1v) is 10.1. The highest BCUT2D eigenvalue weighted by Crippen LogP contribution is 2.29. The number of aryl methyl sites for hydroxylation is 1. The Bertz CT molecular complexity index is 1050. The summed E-state index contributed by atoms with van der Waals surface area (Å²) in [6.45, 7) is 4.33. The Morgan fingerprint density at radius 3 is 2.70 bits per heavy atom. The Morgan fingerprint density at radius 1 is 1.20 bits per heavy atom. The van der Waals surface area contributed by atoms with Crippen LogP contribution in [0.2, 0.25) is 5.02 Å². The van der Waals surface area contributed by atoms with E-state index in [9.17, 15) is 4.79 Å². The van der Waals surface area contributed by atoms with Crippen LogP contribution in [0.1, 0.15) is 23.2 Å². The van der Waals surface area contributed by atoms with Gasteiger partial charge in [0.25, 0.3) is 11.8 Å². The van der Waals surface area contributed by atoms with Crippen LogP contribution in [0.4, 0.5) is 5.82 Å². The molecule has 0 N–H and O–H groups in total. The van der Waals surface area contributed by atoms with Crippen LogP contribution in [-0.2, 0) is 6.42 Å². The second-order valence-electron chi connectivity index (χ2n) is 6.85. The molecule has 1 aromatic carbocycles. The van der Waals surface area contributed by atoms with Crippen LogP contribution in [0, 0.1) is 0 Å². The molecule has 9 heteroatoms. The van der Waals surface area contributed by atoms with Crippen molar-refractivity contribution in [3.63, 3.8) is 0 Å². The van der Waals surface area contributed by atoms with Crippen molar-refractivity contribution >= 4 is 23.3 Å². The second-order valence-corrected chi connectivity index (χ2v) is 7.29. The van der Waals surface area contributed by atoms with Gasteiger partial charge in [-0.3, -0.25) is 4.79 Å². The first kappa shape index (κ1) is 20.2. The maximum atomic E-state index is 13.0. The van der Waals surface area contributed by atoms with E-state index < -0.39 is 0 Å². The molecular formula is C21H22ClN5O3. The summed E-state index contributed by atoms with van der Waals surface area (Å²) in [5.74, 6) is 2.24. The van der Waals surface area contributed by atoms with Gasteiger partial charge in [-0.05, 0) is 30.3 Å². The highest BCUT2D eigenvalue weighted by atomic mass is 35.5. The Hall–Kier alpha value is -3.13. The molecule has 8 nitrogen and oxygen atoms in total. The van der Waals surface area contributed by atoms with Gasteiger partial charge in [0.15, 0.2) is 0 Å². The van der Waals surface area contributed by atoms with Gasteiger partial charge >= 0.3 is 0 Å². The van der Waals surface area contributed by atoms with E-state index in [2.05, 4.69) is 20.1 Å². The van der Waals surface area contributed by atoms with Crippen molar-refractivity contribution in [3.05, 3.63) is 53.0 Å². The number of ether oxygens (including phenoxy) is 1. The maximum Gasteiger partial charge on any atom is 0.257 e. The summed E-state index contributed by atoms with van der Waals surface area (Å²) < 4.78 is 11.1. The largest absolute Gasteiger partial charge is 0.496 e. The molecule has 30 heavy (non-hydrogen) atoms. The fraction of sp³-hybridized carbons (Fsp3) is 0.333. The molecule has 0 atom stereocenters. The summed E-state index contributed by atoms with van der Waals surface area (Å²) in [5.41, 5.74) is 1.26. The highest BCUT2D eigenvalue weighted by Gasteiger charge is 2.27. The lowest BCUT2D eigenvalue weighted by atomic mass is 10.1. The van der Waals surface area contributed by atoms with Gasteiger partial charge in [0.2, 0.25) is 5.89 Å². The molecule has 0 bridgehead atoms. The van der Waals surface area contributed by atoms with Gasteiger partial charge in [0, 0.05) is 43.8 Å². The number of piperazine rings is 1. The van der Waals surface area contributed by atoms with E-state index in [1.165, 1.54) is 0 Å². The van der Waals surface area contributed by atoms with Crippen LogP contribution < -0.4 is 9.64 Å². The summed E-state index contributed by atoms with van der Waals surface area (Å²) in [4.78, 5) is 21.5. The average molecular weight is 428 g/mol. The summed E-state index contributed by atoms with van der Waals surface area (Å²) in [6.07, 6.45) is 2.42. The summed E-state index contributed by atoms with van der Waals surface area (Å²) in [6, 6.07) is 8.83. The first-order valence-electron chi connectivity index (χ1n) is 9.76. The summed E-state index contributed by atoms with van der Waals surface area (Å²) in [5, 5.41) is 8.70. The number of rotatable bonds is 5. The van der Waals surface area contributed by atoms with Crippen LogP contribution >= 0.6 is 11.6 Å². The lowest BCUT2D eigenvalue weighted by Gasteiger charge is -2.36. The van der Waals surface area contributed by atoms with Crippen LogP contribution in [0.5, 0.6) is 5.75 Å². The van der Waals surface area contributed by atoms with Crippen molar-refractivity contribution < 1.29 is 13.9 Å². The van der Waals surface area contributed by atoms with Crippen LogP contribution in [0.15, 0.2) is 40.9 Å². The van der Waals surface area contributed by atoms with Crippen molar-refractivity contribution in [2.24, 2.45) is 0 Å². The molecule has 3 aromatic rings. The van der Waals surface area contributed by atoms with Gasteiger partial charge in [-0.15, -0.1) is 10.2 Å². The second kappa shape index (κ2) is 8.71. The number of carbonyl (C=O) groups is 1. The third-order valence-corrected chi connectivity index (χ3v) is 5.28. The number of halogens is 1. The summed E-state index contributed by atoms with van der Waals surface area (Å²) >= 11 is 6.09. The number of anilines is 1. The average Bonchev–Trinajstić information content (AvgIpc) is 3.28. The number of hydrogen-bond acceptors (Lipinski definition) is 7. The molecule has 1 amide bonds. The zero-order chi connectivity index (χ0) is 21.1. The number of hydrogen-bond donors (Lipinski definition) is 0. The molecule has 1 saturated heterocycles. The number of pyridine rings is 1. The molecule has 0 unspecified atom stereocenters. The Labute approximate surface area is 179 Å². The van der Waals surface area contributed by atoms with Gasteiger partial charge in [0.1, 0.15) is 11.6 Å². The third kappa shape index (κ3) is 3.95. The minimum absolute atomic E-state index is 0.0975. The molecule has 2 aromatic heterocycles. The fourth-order valence-corrected chi connectivity index (χ4v) is 3.63. The monoisotopic (exact) mass is 427 g/mol. The van der Waals surface area contributed by atoms with Crippen molar-refractivity contribution in [3.8, 4) is 17.2 Å². The van der Waals surface area contributed by atoms with Gasteiger partial charge in [-0.25, -0.2) is 4.98 Å². The molecule has 0 spiro atoms. The van der Waals surface area contributed by atoms with Gasteiger partial charge in [-0.1, -0.05) is 18.5 Å². The Balaban J connectivity index is 1.51. The minimum atomic E-state index is -0.0975.